The lowest BCUT2D eigenvalue weighted by molar-refractivity contribution is -0.135. The van der Waals surface area contributed by atoms with Crippen LogP contribution in [0.3, 0.4) is 0 Å². The van der Waals surface area contributed by atoms with Gasteiger partial charge < -0.3 is 14.5 Å². The Bertz CT molecular complexity index is 877. The van der Waals surface area contributed by atoms with Gasteiger partial charge in [-0.15, -0.1) is 0 Å². The molecule has 1 aliphatic rings. The van der Waals surface area contributed by atoms with E-state index >= 15 is 0 Å². The van der Waals surface area contributed by atoms with Crippen molar-refractivity contribution in [3.63, 3.8) is 0 Å². The van der Waals surface area contributed by atoms with Crippen LogP contribution < -0.4 is 10.1 Å². The van der Waals surface area contributed by atoms with Crippen molar-refractivity contribution in [2.45, 2.75) is 26.3 Å². The Hall–Kier alpha value is -3.13. The standard InChI is InChI=1S/C22H28N4O4/c1-4-23-21(27)14-25(5-2)15-22(28)26-19(20-7-6-12-30-20)13-18(24-26)16-8-10-17(29-3)11-9-16/h6-12,19H,4-5,13-15H2,1-3H3,(H,23,27)/t19-/m1/s1. The van der Waals surface area contributed by atoms with Crippen LogP contribution in [0.25, 0.3) is 0 Å². The molecule has 8 heteroatoms. The summed E-state index contributed by atoms with van der Waals surface area (Å²) >= 11 is 0. The molecule has 8 nitrogen and oxygen atoms in total. The monoisotopic (exact) mass is 412 g/mol. The summed E-state index contributed by atoms with van der Waals surface area (Å²) in [5.41, 5.74) is 1.73. The third kappa shape index (κ3) is 5.07. The third-order valence-corrected chi connectivity index (χ3v) is 5.01. The van der Waals surface area contributed by atoms with E-state index in [0.29, 0.717) is 25.3 Å². The number of hydrogen-bond donors (Lipinski definition) is 1. The highest BCUT2D eigenvalue weighted by molar-refractivity contribution is 6.03. The zero-order valence-electron chi connectivity index (χ0n) is 17.6. The molecule has 1 aromatic carbocycles. The number of nitrogens with one attached hydrogen (secondary N) is 1. The molecule has 2 aromatic rings. The summed E-state index contributed by atoms with van der Waals surface area (Å²) in [4.78, 5) is 26.8. The highest BCUT2D eigenvalue weighted by Crippen LogP contribution is 2.33. The maximum Gasteiger partial charge on any atom is 0.257 e. The van der Waals surface area contributed by atoms with Crippen molar-refractivity contribution in [2.75, 3.05) is 33.3 Å². The Kier molecular flexibility index (Phi) is 7.24. The second kappa shape index (κ2) is 10.1. The first-order chi connectivity index (χ1) is 14.5. The molecule has 0 fully saturated rings. The molecule has 0 saturated carbocycles. The highest BCUT2D eigenvalue weighted by atomic mass is 16.5. The predicted octanol–water partition coefficient (Wildman–Crippen LogP) is 2.42. The fourth-order valence-electron chi connectivity index (χ4n) is 3.40. The molecule has 2 amide bonds. The number of amides is 2. The minimum Gasteiger partial charge on any atom is -0.497 e. The Labute approximate surface area is 176 Å². The van der Waals surface area contributed by atoms with Gasteiger partial charge in [-0.2, -0.15) is 5.10 Å². The topological polar surface area (TPSA) is 87.4 Å². The molecule has 1 aromatic heterocycles. The molecule has 1 aliphatic heterocycles. The highest BCUT2D eigenvalue weighted by Gasteiger charge is 2.35. The molecule has 160 valence electrons. The Morgan fingerprint density at radius 3 is 2.60 bits per heavy atom. The third-order valence-electron chi connectivity index (χ3n) is 5.01. The van der Waals surface area contributed by atoms with Gasteiger partial charge in [0.25, 0.3) is 5.91 Å². The van der Waals surface area contributed by atoms with E-state index in [-0.39, 0.29) is 30.9 Å². The van der Waals surface area contributed by atoms with E-state index in [2.05, 4.69) is 10.4 Å². The quantitative estimate of drug-likeness (QED) is 0.684. The largest absolute Gasteiger partial charge is 0.497 e. The SMILES string of the molecule is CCNC(=O)CN(CC)CC(=O)N1N=C(c2ccc(OC)cc2)C[C@@H]1c1ccco1. The summed E-state index contributed by atoms with van der Waals surface area (Å²) < 4.78 is 10.8. The zero-order valence-corrected chi connectivity index (χ0v) is 17.6. The summed E-state index contributed by atoms with van der Waals surface area (Å²) in [6.45, 7) is 5.21. The van der Waals surface area contributed by atoms with Gasteiger partial charge in [-0.25, -0.2) is 5.01 Å². The van der Waals surface area contributed by atoms with Gasteiger partial charge in [0.1, 0.15) is 17.6 Å². The molecule has 0 unspecified atom stereocenters. The zero-order chi connectivity index (χ0) is 21.5. The van der Waals surface area contributed by atoms with E-state index in [1.54, 1.807) is 24.3 Å². The number of ether oxygens (including phenoxy) is 1. The number of nitrogens with zero attached hydrogens (tertiary/aromatic N) is 3. The van der Waals surface area contributed by atoms with E-state index in [0.717, 1.165) is 17.0 Å². The summed E-state index contributed by atoms with van der Waals surface area (Å²) in [5.74, 6) is 1.17. The molecule has 1 N–H and O–H groups in total. The van der Waals surface area contributed by atoms with Gasteiger partial charge in [0, 0.05) is 13.0 Å². The van der Waals surface area contributed by atoms with Gasteiger partial charge in [-0.05, 0) is 55.4 Å². The molecular weight excluding hydrogens is 384 g/mol. The fraction of sp³-hybridized carbons (Fsp3) is 0.409. The maximum atomic E-state index is 13.1. The van der Waals surface area contributed by atoms with Crippen LogP contribution in [-0.2, 0) is 9.59 Å². The summed E-state index contributed by atoms with van der Waals surface area (Å²) in [7, 11) is 1.62. The minimum absolute atomic E-state index is 0.0985. The first kappa shape index (κ1) is 21.6. The van der Waals surface area contributed by atoms with Crippen LogP contribution in [0.4, 0.5) is 0 Å². The Morgan fingerprint density at radius 2 is 2.00 bits per heavy atom. The average molecular weight is 412 g/mol. The first-order valence-electron chi connectivity index (χ1n) is 10.1. The van der Waals surface area contributed by atoms with Crippen molar-refractivity contribution in [3.05, 3.63) is 54.0 Å². The van der Waals surface area contributed by atoms with Gasteiger partial charge in [0.15, 0.2) is 0 Å². The van der Waals surface area contributed by atoms with Gasteiger partial charge in [-0.1, -0.05) is 6.92 Å². The molecule has 0 bridgehead atoms. The van der Waals surface area contributed by atoms with Crippen molar-refractivity contribution < 1.29 is 18.7 Å². The van der Waals surface area contributed by atoms with Crippen LogP contribution in [0.2, 0.25) is 0 Å². The molecule has 0 saturated heterocycles. The van der Waals surface area contributed by atoms with Crippen LogP contribution in [0, 0.1) is 0 Å². The predicted molar refractivity (Wildman–Crippen MR) is 113 cm³/mol. The molecule has 0 spiro atoms. The number of hydrogen-bond acceptors (Lipinski definition) is 6. The molecule has 0 radical (unpaired) electrons. The van der Waals surface area contributed by atoms with E-state index in [1.165, 1.54) is 5.01 Å². The van der Waals surface area contributed by atoms with Crippen LogP contribution in [0.1, 0.15) is 37.6 Å². The van der Waals surface area contributed by atoms with Gasteiger partial charge in [-0.3, -0.25) is 14.5 Å². The summed E-state index contributed by atoms with van der Waals surface area (Å²) in [6, 6.07) is 10.9. The minimum atomic E-state index is -0.312. The first-order valence-corrected chi connectivity index (χ1v) is 10.1. The number of likely N-dealkylation sites (N-methyl/N-ethyl adjacent to an activating group) is 2. The van der Waals surface area contributed by atoms with Gasteiger partial charge in [0.05, 0.1) is 32.2 Å². The summed E-state index contributed by atoms with van der Waals surface area (Å²) in [5, 5.41) is 8.88. The fourth-order valence-corrected chi connectivity index (χ4v) is 3.40. The maximum absolute atomic E-state index is 13.1. The summed E-state index contributed by atoms with van der Waals surface area (Å²) in [6.07, 6.45) is 2.14. The number of hydrazone groups is 1. The van der Waals surface area contributed by atoms with E-state index < -0.39 is 0 Å². The lowest BCUT2D eigenvalue weighted by Gasteiger charge is -2.24. The second-order valence-electron chi connectivity index (χ2n) is 7.01. The molecule has 3 rings (SSSR count). The van der Waals surface area contributed by atoms with Crippen molar-refractivity contribution in [1.82, 2.24) is 15.2 Å². The van der Waals surface area contributed by atoms with Crippen LogP contribution in [0.5, 0.6) is 5.75 Å². The van der Waals surface area contributed by atoms with Crippen LogP contribution in [0.15, 0.2) is 52.2 Å². The molecular formula is C22H28N4O4. The Morgan fingerprint density at radius 1 is 1.23 bits per heavy atom. The molecule has 2 heterocycles. The molecule has 0 aliphatic carbocycles. The smallest absolute Gasteiger partial charge is 0.257 e. The van der Waals surface area contributed by atoms with Crippen molar-refractivity contribution in [2.24, 2.45) is 5.10 Å². The van der Waals surface area contributed by atoms with E-state index in [9.17, 15) is 9.59 Å². The number of furan rings is 1. The number of carbonyl (C=O) groups excluding carboxylic acids is 2. The Balaban J connectivity index is 1.79. The van der Waals surface area contributed by atoms with E-state index in [4.69, 9.17) is 9.15 Å². The van der Waals surface area contributed by atoms with Crippen molar-refractivity contribution in [3.8, 4) is 5.75 Å². The average Bonchev–Trinajstić information content (AvgIpc) is 3.43. The number of carbonyl (C=O) groups is 2. The van der Waals surface area contributed by atoms with Crippen molar-refractivity contribution in [1.29, 1.82) is 0 Å². The molecule has 1 atom stereocenters. The normalized spacial score (nSPS) is 15.9. The number of rotatable bonds is 9. The van der Waals surface area contributed by atoms with Gasteiger partial charge in [0.2, 0.25) is 5.91 Å². The number of benzene rings is 1. The number of methoxy groups -OCH3 is 1. The molecule has 30 heavy (non-hydrogen) atoms. The van der Waals surface area contributed by atoms with Crippen LogP contribution >= 0.6 is 0 Å². The van der Waals surface area contributed by atoms with Gasteiger partial charge >= 0.3 is 0 Å². The van der Waals surface area contributed by atoms with E-state index in [1.807, 2.05) is 44.2 Å². The lowest BCUT2D eigenvalue weighted by Crippen LogP contribution is -2.43. The second-order valence-corrected chi connectivity index (χ2v) is 7.01. The van der Waals surface area contributed by atoms with Crippen LogP contribution in [-0.4, -0.2) is 60.7 Å². The lowest BCUT2D eigenvalue weighted by atomic mass is 10.0. The van der Waals surface area contributed by atoms with Crippen molar-refractivity contribution >= 4 is 17.5 Å².